The number of carboxylic acids is 1. The Balaban J connectivity index is 1.61. The number of hydrogen-bond acceptors (Lipinski definition) is 7. The molecular weight excluding hydrogens is 559 g/mol. The molecule has 8 nitrogen and oxygen atoms in total. The van der Waals surface area contributed by atoms with E-state index in [1.54, 1.807) is 18.5 Å². The third-order valence-corrected chi connectivity index (χ3v) is 7.55. The van der Waals surface area contributed by atoms with Gasteiger partial charge in [0.15, 0.2) is 17.7 Å². The number of nitrogens with one attached hydrogen (secondary N) is 1. The number of aryl methyl sites for hydroxylation is 1. The van der Waals surface area contributed by atoms with Gasteiger partial charge >= 0.3 is 5.97 Å². The van der Waals surface area contributed by atoms with E-state index < -0.39 is 23.5 Å². The number of anilines is 2. The van der Waals surface area contributed by atoms with Crippen LogP contribution >= 0.6 is 11.6 Å². The Morgan fingerprint density at radius 3 is 2.48 bits per heavy atom. The summed E-state index contributed by atoms with van der Waals surface area (Å²) < 4.78 is 25.6. The standard InChI is InChI=1S/C32H40ClFN4O4/c1-20-27(29(30(39)40)42-31(2,3)4)28(38-14-11-32(5,6)12-15-38)23(19-36-20)21-7-10-26(37-18-21)35-13-16-41-25-9-8-22(33)17-24(25)34/h7-10,17-19,29H,11-16H2,1-6H3,(H,35,37)(H,39,40)/t29-/m0/s1. The predicted octanol–water partition coefficient (Wildman–Crippen LogP) is 7.30. The first kappa shape index (κ1) is 31.5. The average molecular weight is 599 g/mol. The maximum atomic E-state index is 13.9. The fraction of sp³-hybridized carbons (Fsp3) is 0.469. The van der Waals surface area contributed by atoms with Crippen molar-refractivity contribution in [3.8, 4) is 16.9 Å². The fourth-order valence-electron chi connectivity index (χ4n) is 4.99. The van der Waals surface area contributed by atoms with Crippen LogP contribution in [-0.2, 0) is 9.53 Å². The molecule has 1 aliphatic heterocycles. The van der Waals surface area contributed by atoms with Crippen LogP contribution in [0.4, 0.5) is 15.9 Å². The van der Waals surface area contributed by atoms with Crippen molar-refractivity contribution in [2.75, 3.05) is 36.5 Å². The van der Waals surface area contributed by atoms with Crippen molar-refractivity contribution in [1.29, 1.82) is 0 Å². The molecule has 1 fully saturated rings. The van der Waals surface area contributed by atoms with Crippen LogP contribution < -0.4 is 15.0 Å². The predicted molar refractivity (Wildman–Crippen MR) is 164 cm³/mol. The Hall–Kier alpha value is -3.43. The smallest absolute Gasteiger partial charge is 0.337 e. The van der Waals surface area contributed by atoms with Gasteiger partial charge in [-0.15, -0.1) is 0 Å². The second kappa shape index (κ2) is 12.8. The van der Waals surface area contributed by atoms with Crippen LogP contribution in [0.3, 0.4) is 0 Å². The number of benzene rings is 1. The summed E-state index contributed by atoms with van der Waals surface area (Å²) in [4.78, 5) is 24.1. The molecule has 3 aromatic rings. The van der Waals surface area contributed by atoms with E-state index in [9.17, 15) is 14.3 Å². The Morgan fingerprint density at radius 1 is 1.17 bits per heavy atom. The van der Waals surface area contributed by atoms with E-state index in [2.05, 4.69) is 34.0 Å². The first-order valence-electron chi connectivity index (χ1n) is 14.2. The van der Waals surface area contributed by atoms with Crippen molar-refractivity contribution in [2.24, 2.45) is 5.41 Å². The van der Waals surface area contributed by atoms with Gasteiger partial charge in [-0.1, -0.05) is 25.4 Å². The second-order valence-electron chi connectivity index (χ2n) is 12.4. The first-order valence-corrected chi connectivity index (χ1v) is 14.6. The van der Waals surface area contributed by atoms with Crippen LogP contribution in [-0.4, -0.2) is 52.9 Å². The summed E-state index contributed by atoms with van der Waals surface area (Å²) >= 11 is 5.80. The van der Waals surface area contributed by atoms with Crippen LogP contribution in [0, 0.1) is 18.2 Å². The lowest BCUT2D eigenvalue weighted by Crippen LogP contribution is -2.39. The van der Waals surface area contributed by atoms with E-state index in [0.29, 0.717) is 28.6 Å². The lowest BCUT2D eigenvalue weighted by atomic mass is 9.82. The number of carboxylic acid groups (broad SMARTS) is 1. The van der Waals surface area contributed by atoms with Crippen molar-refractivity contribution < 1.29 is 23.8 Å². The van der Waals surface area contributed by atoms with E-state index in [1.165, 1.54) is 12.1 Å². The number of carbonyl (C=O) groups is 1. The summed E-state index contributed by atoms with van der Waals surface area (Å²) in [6.45, 7) is 14.1. The molecule has 0 spiro atoms. The number of hydrogen-bond donors (Lipinski definition) is 2. The largest absolute Gasteiger partial charge is 0.489 e. The lowest BCUT2D eigenvalue weighted by Gasteiger charge is -2.40. The van der Waals surface area contributed by atoms with Gasteiger partial charge in [0.2, 0.25) is 0 Å². The van der Waals surface area contributed by atoms with Crippen LogP contribution in [0.25, 0.3) is 11.1 Å². The van der Waals surface area contributed by atoms with Gasteiger partial charge < -0.3 is 24.8 Å². The molecule has 4 rings (SSSR count). The summed E-state index contributed by atoms with van der Waals surface area (Å²) in [5.74, 6) is -0.804. The minimum Gasteiger partial charge on any atom is -0.489 e. The topological polar surface area (TPSA) is 96.8 Å². The molecular formula is C32H40ClFN4O4. The van der Waals surface area contributed by atoms with Gasteiger partial charge in [0.1, 0.15) is 12.4 Å². The molecule has 226 valence electrons. The normalized spacial score (nSPS) is 15.8. The van der Waals surface area contributed by atoms with Crippen molar-refractivity contribution in [2.45, 2.75) is 66.1 Å². The van der Waals surface area contributed by atoms with Crippen LogP contribution in [0.1, 0.15) is 64.8 Å². The maximum absolute atomic E-state index is 13.9. The van der Waals surface area contributed by atoms with Gasteiger partial charge in [-0.25, -0.2) is 14.2 Å². The van der Waals surface area contributed by atoms with Crippen LogP contribution in [0.5, 0.6) is 5.75 Å². The highest BCUT2D eigenvalue weighted by molar-refractivity contribution is 6.30. The van der Waals surface area contributed by atoms with Gasteiger partial charge in [0.25, 0.3) is 0 Å². The number of halogens is 2. The van der Waals surface area contributed by atoms with Gasteiger partial charge in [-0.3, -0.25) is 4.98 Å². The molecule has 0 aliphatic carbocycles. The molecule has 2 aromatic heterocycles. The molecule has 0 unspecified atom stereocenters. The van der Waals surface area contributed by atoms with Gasteiger partial charge in [0, 0.05) is 52.9 Å². The molecule has 10 heteroatoms. The quantitative estimate of drug-likeness (QED) is 0.235. The molecule has 1 aliphatic rings. The number of pyridine rings is 2. The summed E-state index contributed by atoms with van der Waals surface area (Å²) in [5.41, 5.74) is 3.18. The Bertz CT molecular complexity index is 1400. The second-order valence-corrected chi connectivity index (χ2v) is 12.8. The summed E-state index contributed by atoms with van der Waals surface area (Å²) in [7, 11) is 0. The molecule has 2 N–H and O–H groups in total. The number of piperidine rings is 1. The van der Waals surface area contributed by atoms with E-state index in [1.807, 2.05) is 39.8 Å². The van der Waals surface area contributed by atoms with Crippen molar-refractivity contribution >= 4 is 29.1 Å². The average Bonchev–Trinajstić information content (AvgIpc) is 2.91. The lowest BCUT2D eigenvalue weighted by molar-refractivity contribution is -0.160. The molecule has 42 heavy (non-hydrogen) atoms. The van der Waals surface area contributed by atoms with Gasteiger partial charge in [-0.2, -0.15) is 0 Å². The number of aliphatic carboxylic acids is 1. The monoisotopic (exact) mass is 598 g/mol. The molecule has 0 saturated carbocycles. The zero-order valence-electron chi connectivity index (χ0n) is 25.1. The molecule has 0 radical (unpaired) electrons. The zero-order chi connectivity index (χ0) is 30.7. The SMILES string of the molecule is Cc1ncc(-c2ccc(NCCOc3ccc(Cl)cc3F)nc2)c(N2CCC(C)(C)CC2)c1[C@H](OC(C)(C)C)C(=O)O. The molecule has 1 atom stereocenters. The summed E-state index contributed by atoms with van der Waals surface area (Å²) in [6, 6.07) is 8.07. The fourth-order valence-corrected chi connectivity index (χ4v) is 5.15. The molecule has 0 amide bonds. The Morgan fingerprint density at radius 2 is 1.88 bits per heavy atom. The van der Waals surface area contributed by atoms with E-state index in [4.69, 9.17) is 21.1 Å². The minimum atomic E-state index is -1.18. The van der Waals surface area contributed by atoms with Crippen molar-refractivity contribution in [3.05, 3.63) is 64.8 Å². The number of nitrogens with zero attached hydrogens (tertiary/aromatic N) is 3. The highest BCUT2D eigenvalue weighted by Crippen LogP contribution is 2.43. The molecule has 3 heterocycles. The summed E-state index contributed by atoms with van der Waals surface area (Å²) in [6.07, 6.45) is 4.32. The van der Waals surface area contributed by atoms with Gasteiger partial charge in [-0.05, 0) is 76.3 Å². The highest BCUT2D eigenvalue weighted by atomic mass is 35.5. The van der Waals surface area contributed by atoms with Gasteiger partial charge in [0.05, 0.1) is 17.8 Å². The summed E-state index contributed by atoms with van der Waals surface area (Å²) in [5, 5.41) is 13.8. The third kappa shape index (κ3) is 7.89. The Labute approximate surface area is 252 Å². The molecule has 0 bridgehead atoms. The maximum Gasteiger partial charge on any atom is 0.337 e. The number of aromatic nitrogens is 2. The van der Waals surface area contributed by atoms with Crippen molar-refractivity contribution in [3.63, 3.8) is 0 Å². The third-order valence-electron chi connectivity index (χ3n) is 7.31. The van der Waals surface area contributed by atoms with E-state index in [-0.39, 0.29) is 17.8 Å². The number of rotatable bonds is 10. The highest BCUT2D eigenvalue weighted by Gasteiger charge is 2.35. The van der Waals surface area contributed by atoms with E-state index in [0.717, 1.165) is 42.7 Å². The van der Waals surface area contributed by atoms with Crippen LogP contribution in [0.15, 0.2) is 42.7 Å². The van der Waals surface area contributed by atoms with Crippen LogP contribution in [0.2, 0.25) is 5.02 Å². The Kier molecular flexibility index (Phi) is 9.63. The molecule has 1 aromatic carbocycles. The zero-order valence-corrected chi connectivity index (χ0v) is 25.9. The molecule has 1 saturated heterocycles. The van der Waals surface area contributed by atoms with Crippen molar-refractivity contribution in [1.82, 2.24) is 9.97 Å². The first-order chi connectivity index (χ1) is 19.7. The van der Waals surface area contributed by atoms with E-state index >= 15 is 0 Å². The number of ether oxygens (including phenoxy) is 2. The minimum absolute atomic E-state index is 0.135.